The van der Waals surface area contributed by atoms with Crippen LogP contribution in [0.1, 0.15) is 541 Å². The Hall–Kier alpha value is -2.12. The predicted molar refractivity (Wildman–Crippen MR) is 438 cm³/mol. The van der Waals surface area contributed by atoms with Crippen LogP contribution in [0.5, 0.6) is 0 Å². The van der Waals surface area contributed by atoms with Crippen molar-refractivity contribution in [2.45, 2.75) is 541 Å². The number of carbonyl (C=O) groups is 4. The van der Waals surface area contributed by atoms with Crippen molar-refractivity contribution in [3.8, 4) is 0 Å². The molecule has 0 aromatic carbocycles. The van der Waals surface area contributed by atoms with Gasteiger partial charge in [-0.1, -0.05) is 490 Å². The van der Waals surface area contributed by atoms with Crippen LogP contribution in [0.2, 0.25) is 0 Å². The van der Waals surface area contributed by atoms with E-state index in [9.17, 15) is 19.2 Å². The molecule has 101 heavy (non-hydrogen) atoms. The highest BCUT2D eigenvalue weighted by Gasteiger charge is 2.38. The number of unbranched alkanes of at least 4 members (excludes halogenated alkanes) is 72. The molecular weight excluding hydrogens is 1250 g/mol. The van der Waals surface area contributed by atoms with Crippen LogP contribution in [0.25, 0.3) is 0 Å². The van der Waals surface area contributed by atoms with Gasteiger partial charge in [0.2, 0.25) is 0 Å². The minimum Gasteiger partial charge on any atom is -0.465 e. The second kappa shape index (κ2) is 85.1. The van der Waals surface area contributed by atoms with Crippen molar-refractivity contribution in [1.82, 2.24) is 0 Å². The fraction of sp³-hybridized carbons (Fsp3) is 0.957. The van der Waals surface area contributed by atoms with Crippen molar-refractivity contribution >= 4 is 23.9 Å². The predicted octanol–water partition coefficient (Wildman–Crippen LogP) is 31.4. The first-order valence-corrected chi connectivity index (χ1v) is 46.4. The van der Waals surface area contributed by atoms with Gasteiger partial charge in [-0.05, 0) is 25.7 Å². The average molecular weight is 1430 g/mol. The van der Waals surface area contributed by atoms with Gasteiger partial charge in [0.05, 0.1) is 0 Å². The monoisotopic (exact) mass is 1430 g/mol. The quantitative estimate of drug-likeness (QED) is 0.0337. The summed E-state index contributed by atoms with van der Waals surface area (Å²) < 4.78 is 24.2. The van der Waals surface area contributed by atoms with Crippen LogP contribution in [0.4, 0.5) is 0 Å². The summed E-state index contributed by atoms with van der Waals surface area (Å²) >= 11 is 0. The molecular formula is C93H180O8. The van der Waals surface area contributed by atoms with Crippen molar-refractivity contribution < 1.29 is 38.1 Å². The lowest BCUT2D eigenvalue weighted by Crippen LogP contribution is -2.44. The first-order chi connectivity index (χ1) is 49.8. The van der Waals surface area contributed by atoms with E-state index in [2.05, 4.69) is 27.7 Å². The SMILES string of the molecule is CCCCCCCCCCCCCCCCCCCCCC(=O)OCC(COC(=O)CCCCCCCCCCCCCCCCCCCCC)(COC(=O)CCCCCCCCCCCCCCCCCCCCC)COC(=O)CCCCCCCCCCCCCCCCCCCCC. The molecule has 0 rings (SSSR count). The molecule has 0 saturated carbocycles. The lowest BCUT2D eigenvalue weighted by molar-refractivity contribution is -0.170. The third kappa shape index (κ3) is 80.3. The number of rotatable bonds is 88. The Balaban J connectivity index is 5.37. The van der Waals surface area contributed by atoms with E-state index < -0.39 is 5.41 Å². The Morgan fingerprint density at radius 1 is 0.149 bits per heavy atom. The van der Waals surface area contributed by atoms with E-state index in [0.717, 1.165) is 77.0 Å². The lowest BCUT2D eigenvalue weighted by atomic mass is 9.92. The van der Waals surface area contributed by atoms with Crippen LogP contribution in [0.3, 0.4) is 0 Å². The molecule has 0 aliphatic carbocycles. The Morgan fingerprint density at radius 2 is 0.238 bits per heavy atom. The Labute approximate surface area is 631 Å². The van der Waals surface area contributed by atoms with E-state index >= 15 is 0 Å². The number of hydrogen-bond acceptors (Lipinski definition) is 8. The molecule has 0 saturated heterocycles. The molecule has 0 aromatic heterocycles. The van der Waals surface area contributed by atoms with Gasteiger partial charge in [-0.25, -0.2) is 0 Å². The van der Waals surface area contributed by atoms with Crippen LogP contribution in [0, 0.1) is 5.41 Å². The van der Waals surface area contributed by atoms with Gasteiger partial charge in [0.25, 0.3) is 0 Å². The normalized spacial score (nSPS) is 11.7. The highest BCUT2D eigenvalue weighted by atomic mass is 16.6. The summed E-state index contributed by atoms with van der Waals surface area (Å²) in [6.45, 7) is 8.54. The maximum Gasteiger partial charge on any atom is 0.305 e. The maximum absolute atomic E-state index is 13.5. The minimum absolute atomic E-state index is 0.156. The van der Waals surface area contributed by atoms with Crippen molar-refractivity contribution in [2.75, 3.05) is 26.4 Å². The summed E-state index contributed by atoms with van der Waals surface area (Å²) in [6, 6.07) is 0. The van der Waals surface area contributed by atoms with Gasteiger partial charge in [0, 0.05) is 25.7 Å². The van der Waals surface area contributed by atoms with E-state index in [0.29, 0.717) is 25.7 Å². The number of hydrogen-bond donors (Lipinski definition) is 0. The summed E-state index contributed by atoms with van der Waals surface area (Å²) in [6.07, 6.45) is 99.6. The number of esters is 4. The molecule has 0 heterocycles. The average Bonchev–Trinajstić information content (AvgIpc) is 0.889. The fourth-order valence-electron chi connectivity index (χ4n) is 14.9. The Kier molecular flexibility index (Phi) is 83.3. The summed E-state index contributed by atoms with van der Waals surface area (Å²) in [4.78, 5) is 54.1. The first-order valence-electron chi connectivity index (χ1n) is 46.4. The summed E-state index contributed by atoms with van der Waals surface area (Å²) in [5.74, 6) is -1.27. The molecule has 0 aromatic rings. The van der Waals surface area contributed by atoms with E-state index in [1.165, 1.54) is 411 Å². The van der Waals surface area contributed by atoms with Gasteiger partial charge in [-0.15, -0.1) is 0 Å². The van der Waals surface area contributed by atoms with E-state index in [1.807, 2.05) is 0 Å². The van der Waals surface area contributed by atoms with Gasteiger partial charge in [0.1, 0.15) is 31.8 Å². The van der Waals surface area contributed by atoms with Gasteiger partial charge in [-0.2, -0.15) is 0 Å². The van der Waals surface area contributed by atoms with Crippen LogP contribution in [-0.4, -0.2) is 50.3 Å². The minimum atomic E-state index is -1.21. The van der Waals surface area contributed by atoms with E-state index in [4.69, 9.17) is 18.9 Å². The second-order valence-corrected chi connectivity index (χ2v) is 32.6. The molecule has 600 valence electrons. The largest absolute Gasteiger partial charge is 0.465 e. The third-order valence-electron chi connectivity index (χ3n) is 22.1. The molecule has 8 heteroatoms. The molecule has 0 N–H and O–H groups in total. The fourth-order valence-corrected chi connectivity index (χ4v) is 14.9. The first kappa shape index (κ1) is 98.9. The molecule has 0 aliphatic rings. The van der Waals surface area contributed by atoms with Gasteiger partial charge in [-0.3, -0.25) is 19.2 Å². The van der Waals surface area contributed by atoms with Crippen molar-refractivity contribution in [1.29, 1.82) is 0 Å². The molecule has 0 radical (unpaired) electrons. The van der Waals surface area contributed by atoms with Gasteiger partial charge >= 0.3 is 23.9 Å². The topological polar surface area (TPSA) is 105 Å². The molecule has 0 spiro atoms. The third-order valence-corrected chi connectivity index (χ3v) is 22.1. The van der Waals surface area contributed by atoms with Crippen molar-refractivity contribution in [3.63, 3.8) is 0 Å². The van der Waals surface area contributed by atoms with E-state index in [-0.39, 0.29) is 50.3 Å². The summed E-state index contributed by atoms with van der Waals surface area (Å²) in [7, 11) is 0. The zero-order valence-electron chi connectivity index (χ0n) is 69.2. The number of ether oxygens (including phenoxy) is 4. The van der Waals surface area contributed by atoms with Crippen LogP contribution in [-0.2, 0) is 38.1 Å². The Morgan fingerprint density at radius 3 is 0.337 bits per heavy atom. The van der Waals surface area contributed by atoms with Crippen LogP contribution < -0.4 is 0 Å². The summed E-state index contributed by atoms with van der Waals surface area (Å²) in [5.41, 5.74) is -1.21. The molecule has 0 aliphatic heterocycles. The van der Waals surface area contributed by atoms with Crippen LogP contribution >= 0.6 is 0 Å². The molecule has 0 bridgehead atoms. The molecule has 8 nitrogen and oxygen atoms in total. The van der Waals surface area contributed by atoms with Gasteiger partial charge in [0.15, 0.2) is 0 Å². The van der Waals surface area contributed by atoms with Gasteiger partial charge < -0.3 is 18.9 Å². The van der Waals surface area contributed by atoms with Crippen molar-refractivity contribution in [2.24, 2.45) is 5.41 Å². The zero-order chi connectivity index (χ0) is 73.0. The molecule has 0 atom stereocenters. The highest BCUT2D eigenvalue weighted by molar-refractivity contribution is 5.71. The molecule has 0 unspecified atom stereocenters. The number of carbonyl (C=O) groups excluding carboxylic acids is 4. The standard InChI is InChI=1S/C93H180O8/c1-5-9-13-17-21-25-29-33-37-41-45-49-53-57-61-65-69-73-77-81-89(94)98-85-93(86-99-90(95)82-78-74-70-66-62-58-54-50-46-42-38-34-30-26-22-18-14-10-6-2,87-100-91(96)83-79-75-71-67-63-59-55-51-47-43-39-35-31-27-23-19-15-11-7-3)88-101-92(97)84-80-76-72-68-64-60-56-52-48-44-40-36-32-28-24-20-16-12-8-4/h5-88H2,1-4H3. The Bertz CT molecular complexity index is 1410. The second-order valence-electron chi connectivity index (χ2n) is 32.6. The molecule has 0 fully saturated rings. The van der Waals surface area contributed by atoms with Crippen molar-refractivity contribution in [3.05, 3.63) is 0 Å². The van der Waals surface area contributed by atoms with E-state index in [1.54, 1.807) is 0 Å². The lowest BCUT2D eigenvalue weighted by Gasteiger charge is -2.31. The van der Waals surface area contributed by atoms with Crippen LogP contribution in [0.15, 0.2) is 0 Å². The highest BCUT2D eigenvalue weighted by Crippen LogP contribution is 2.26. The summed E-state index contributed by atoms with van der Waals surface area (Å²) in [5, 5.41) is 0. The zero-order valence-corrected chi connectivity index (χ0v) is 69.2. The maximum atomic E-state index is 13.5. The smallest absolute Gasteiger partial charge is 0.305 e. The molecule has 0 amide bonds.